The molecule has 2 heterocycles. The lowest BCUT2D eigenvalue weighted by molar-refractivity contribution is 0.121. The van der Waals surface area contributed by atoms with Crippen LogP contribution in [0.5, 0.6) is 0 Å². The minimum absolute atomic E-state index is 0.332. The van der Waals surface area contributed by atoms with Gasteiger partial charge in [-0.2, -0.15) is 0 Å². The summed E-state index contributed by atoms with van der Waals surface area (Å²) in [6, 6.07) is 0. The first-order valence-electron chi connectivity index (χ1n) is 6.13. The summed E-state index contributed by atoms with van der Waals surface area (Å²) in [5.74, 6) is 0.949. The van der Waals surface area contributed by atoms with Gasteiger partial charge in [-0.1, -0.05) is 6.92 Å². The standard InChI is InChI=1S/C12H20N4O/c1-3-13-6-10-7-15-12(8-14-10)16-5-4-11(9-16)17-2/h7-8,11,13H,3-6,9H2,1-2H3. The first kappa shape index (κ1) is 12.3. The van der Waals surface area contributed by atoms with E-state index in [1.54, 1.807) is 7.11 Å². The normalized spacial score (nSPS) is 19.9. The van der Waals surface area contributed by atoms with Gasteiger partial charge in [0.15, 0.2) is 0 Å². The van der Waals surface area contributed by atoms with E-state index in [-0.39, 0.29) is 0 Å². The van der Waals surface area contributed by atoms with Crippen molar-refractivity contribution in [2.45, 2.75) is 26.0 Å². The van der Waals surface area contributed by atoms with E-state index in [2.05, 4.69) is 27.1 Å². The van der Waals surface area contributed by atoms with Crippen molar-refractivity contribution in [1.82, 2.24) is 15.3 Å². The zero-order valence-corrected chi connectivity index (χ0v) is 10.5. The van der Waals surface area contributed by atoms with Crippen molar-refractivity contribution < 1.29 is 4.74 Å². The molecule has 0 bridgehead atoms. The maximum Gasteiger partial charge on any atom is 0.147 e. The van der Waals surface area contributed by atoms with Gasteiger partial charge in [0, 0.05) is 26.7 Å². The Morgan fingerprint density at radius 2 is 2.35 bits per heavy atom. The van der Waals surface area contributed by atoms with E-state index in [0.29, 0.717) is 6.10 Å². The molecule has 5 heteroatoms. The highest BCUT2D eigenvalue weighted by atomic mass is 16.5. The molecule has 17 heavy (non-hydrogen) atoms. The summed E-state index contributed by atoms with van der Waals surface area (Å²) in [7, 11) is 1.76. The number of methoxy groups -OCH3 is 1. The predicted octanol–water partition coefficient (Wildman–Crippen LogP) is 0.811. The quantitative estimate of drug-likeness (QED) is 0.820. The number of nitrogens with one attached hydrogen (secondary N) is 1. The Morgan fingerprint density at radius 3 is 2.94 bits per heavy atom. The molecule has 1 N–H and O–H groups in total. The summed E-state index contributed by atoms with van der Waals surface area (Å²) < 4.78 is 5.34. The average molecular weight is 236 g/mol. The van der Waals surface area contributed by atoms with Crippen molar-refractivity contribution in [3.05, 3.63) is 18.1 Å². The van der Waals surface area contributed by atoms with Gasteiger partial charge in [-0.05, 0) is 13.0 Å². The Hall–Kier alpha value is -1.20. The molecular weight excluding hydrogens is 216 g/mol. The fourth-order valence-electron chi connectivity index (χ4n) is 1.98. The molecule has 0 spiro atoms. The molecular formula is C12H20N4O. The van der Waals surface area contributed by atoms with Gasteiger partial charge >= 0.3 is 0 Å². The Labute approximate surface area is 102 Å². The molecule has 1 aromatic rings. The molecule has 2 rings (SSSR count). The third-order valence-corrected chi connectivity index (χ3v) is 3.05. The number of rotatable bonds is 5. The van der Waals surface area contributed by atoms with Crippen LogP contribution < -0.4 is 10.2 Å². The maximum absolute atomic E-state index is 5.34. The fourth-order valence-corrected chi connectivity index (χ4v) is 1.98. The number of anilines is 1. The van der Waals surface area contributed by atoms with Crippen LogP contribution in [-0.4, -0.2) is 42.8 Å². The molecule has 0 aliphatic carbocycles. The monoisotopic (exact) mass is 236 g/mol. The van der Waals surface area contributed by atoms with E-state index < -0.39 is 0 Å². The molecule has 1 atom stereocenters. The van der Waals surface area contributed by atoms with Crippen molar-refractivity contribution in [2.75, 3.05) is 31.6 Å². The van der Waals surface area contributed by atoms with E-state index in [1.165, 1.54) is 0 Å². The molecule has 0 saturated carbocycles. The van der Waals surface area contributed by atoms with Gasteiger partial charge < -0.3 is 15.0 Å². The highest BCUT2D eigenvalue weighted by Gasteiger charge is 2.23. The zero-order chi connectivity index (χ0) is 12.1. The number of hydrogen-bond acceptors (Lipinski definition) is 5. The highest BCUT2D eigenvalue weighted by molar-refractivity contribution is 5.37. The van der Waals surface area contributed by atoms with Gasteiger partial charge in [0.2, 0.25) is 0 Å². The van der Waals surface area contributed by atoms with Gasteiger partial charge in [-0.25, -0.2) is 4.98 Å². The summed E-state index contributed by atoms with van der Waals surface area (Å²) >= 11 is 0. The van der Waals surface area contributed by atoms with E-state index in [0.717, 1.165) is 44.1 Å². The van der Waals surface area contributed by atoms with Crippen LogP contribution in [0, 0.1) is 0 Å². The van der Waals surface area contributed by atoms with Crippen molar-refractivity contribution in [1.29, 1.82) is 0 Å². The first-order valence-corrected chi connectivity index (χ1v) is 6.13. The van der Waals surface area contributed by atoms with Gasteiger partial charge in [-0.15, -0.1) is 0 Å². The number of aromatic nitrogens is 2. The van der Waals surface area contributed by atoms with Gasteiger partial charge in [-0.3, -0.25) is 4.98 Å². The molecule has 1 aromatic heterocycles. The average Bonchev–Trinajstić information content (AvgIpc) is 2.86. The molecule has 0 radical (unpaired) electrons. The fraction of sp³-hybridized carbons (Fsp3) is 0.667. The van der Waals surface area contributed by atoms with E-state index in [4.69, 9.17) is 4.74 Å². The van der Waals surface area contributed by atoms with Crippen molar-refractivity contribution >= 4 is 5.82 Å². The van der Waals surface area contributed by atoms with E-state index >= 15 is 0 Å². The topological polar surface area (TPSA) is 50.3 Å². The molecule has 1 fully saturated rings. The van der Waals surface area contributed by atoms with Gasteiger partial charge in [0.05, 0.1) is 24.2 Å². The second-order valence-electron chi connectivity index (χ2n) is 4.24. The van der Waals surface area contributed by atoms with Gasteiger partial charge in [0.1, 0.15) is 5.82 Å². The lowest BCUT2D eigenvalue weighted by Crippen LogP contribution is -2.23. The molecule has 1 aliphatic heterocycles. The third-order valence-electron chi connectivity index (χ3n) is 3.05. The Kier molecular flexibility index (Phi) is 4.28. The zero-order valence-electron chi connectivity index (χ0n) is 10.5. The highest BCUT2D eigenvalue weighted by Crippen LogP contribution is 2.18. The van der Waals surface area contributed by atoms with Crippen LogP contribution in [-0.2, 0) is 11.3 Å². The van der Waals surface area contributed by atoms with Gasteiger partial charge in [0.25, 0.3) is 0 Å². The molecule has 0 aromatic carbocycles. The summed E-state index contributed by atoms with van der Waals surface area (Å²) in [5, 5.41) is 3.23. The molecule has 5 nitrogen and oxygen atoms in total. The van der Waals surface area contributed by atoms with Crippen LogP contribution in [0.1, 0.15) is 19.0 Å². The molecule has 1 saturated heterocycles. The van der Waals surface area contributed by atoms with Crippen molar-refractivity contribution in [3.8, 4) is 0 Å². The Bertz CT molecular complexity index is 341. The first-order chi connectivity index (χ1) is 8.33. The second-order valence-corrected chi connectivity index (χ2v) is 4.24. The minimum atomic E-state index is 0.332. The summed E-state index contributed by atoms with van der Waals surface area (Å²) in [4.78, 5) is 11.1. The van der Waals surface area contributed by atoms with Crippen LogP contribution >= 0.6 is 0 Å². The Balaban J connectivity index is 1.94. The maximum atomic E-state index is 5.34. The van der Waals surface area contributed by atoms with Crippen LogP contribution in [0.2, 0.25) is 0 Å². The lowest BCUT2D eigenvalue weighted by Gasteiger charge is -2.16. The minimum Gasteiger partial charge on any atom is -0.380 e. The van der Waals surface area contributed by atoms with E-state index in [9.17, 15) is 0 Å². The summed E-state index contributed by atoms with van der Waals surface area (Å²) in [6.45, 7) is 5.73. The Morgan fingerprint density at radius 1 is 1.47 bits per heavy atom. The van der Waals surface area contributed by atoms with Crippen LogP contribution in [0.4, 0.5) is 5.82 Å². The van der Waals surface area contributed by atoms with Crippen LogP contribution in [0.25, 0.3) is 0 Å². The molecule has 94 valence electrons. The third kappa shape index (κ3) is 3.14. The number of hydrogen-bond donors (Lipinski definition) is 1. The second kappa shape index (κ2) is 5.93. The molecule has 0 amide bonds. The SMILES string of the molecule is CCNCc1cnc(N2CCC(OC)C2)cn1. The lowest BCUT2D eigenvalue weighted by atomic mass is 10.3. The largest absolute Gasteiger partial charge is 0.380 e. The van der Waals surface area contributed by atoms with Crippen molar-refractivity contribution in [3.63, 3.8) is 0 Å². The van der Waals surface area contributed by atoms with Crippen LogP contribution in [0.3, 0.4) is 0 Å². The van der Waals surface area contributed by atoms with Crippen molar-refractivity contribution in [2.24, 2.45) is 0 Å². The van der Waals surface area contributed by atoms with Crippen LogP contribution in [0.15, 0.2) is 12.4 Å². The number of ether oxygens (including phenoxy) is 1. The molecule has 1 aliphatic rings. The number of nitrogens with zero attached hydrogens (tertiary/aromatic N) is 3. The summed E-state index contributed by atoms with van der Waals surface area (Å²) in [5.41, 5.74) is 0.984. The predicted molar refractivity (Wildman–Crippen MR) is 67.0 cm³/mol. The summed E-state index contributed by atoms with van der Waals surface area (Å²) in [6.07, 6.45) is 5.10. The van der Waals surface area contributed by atoms with E-state index in [1.807, 2.05) is 12.4 Å². The smallest absolute Gasteiger partial charge is 0.147 e. The molecule has 1 unspecified atom stereocenters.